The van der Waals surface area contributed by atoms with Crippen LogP contribution < -0.4 is 30.7 Å². The number of terminal acetylenes is 1. The fourth-order valence-corrected chi connectivity index (χ4v) is 5.39. The van der Waals surface area contributed by atoms with Gasteiger partial charge in [0, 0.05) is 41.3 Å². The van der Waals surface area contributed by atoms with Crippen LogP contribution in [0.1, 0.15) is 47.8 Å². The second kappa shape index (κ2) is 13.7. The molecule has 0 unspecified atom stereocenters. The van der Waals surface area contributed by atoms with Crippen molar-refractivity contribution >= 4 is 45.6 Å². The van der Waals surface area contributed by atoms with Crippen LogP contribution in [0.3, 0.4) is 0 Å². The first-order valence-corrected chi connectivity index (χ1v) is 15.2. The molecule has 0 radical (unpaired) electrons. The zero-order valence-electron chi connectivity index (χ0n) is 27.4. The number of aliphatic hydroxyl groups is 1. The standard InChI is InChI=1S/C38H37N5O5/c1-7-23-16-24(22-44)18-26(17-23)42-34-21-27(14-15-41-34)48-33-13-12-31(28-10-8-9-11-29(28)33)43(37(39)46)32-20-25(38(2,3)4)19-30(35(32)47-6)36(45)40-5/h1,8-21,44H,22H2,2-6H3,(H2,39,46)(H,40,45)(H,41,42). The van der Waals surface area contributed by atoms with E-state index in [0.29, 0.717) is 56.3 Å². The molecule has 0 atom stereocenters. The molecular weight excluding hydrogens is 606 g/mol. The third-order valence-corrected chi connectivity index (χ3v) is 7.75. The number of carbonyl (C=O) groups is 2. The van der Waals surface area contributed by atoms with Crippen LogP contribution in [-0.4, -0.2) is 36.2 Å². The van der Waals surface area contributed by atoms with E-state index in [0.717, 1.165) is 5.56 Å². The molecule has 4 aromatic carbocycles. The van der Waals surface area contributed by atoms with Gasteiger partial charge in [0.2, 0.25) is 0 Å². The van der Waals surface area contributed by atoms with E-state index in [2.05, 4.69) is 21.5 Å². The van der Waals surface area contributed by atoms with E-state index in [1.807, 2.05) is 51.1 Å². The van der Waals surface area contributed by atoms with Crippen molar-refractivity contribution in [3.8, 4) is 29.6 Å². The van der Waals surface area contributed by atoms with Gasteiger partial charge in [-0.2, -0.15) is 0 Å². The van der Waals surface area contributed by atoms with Gasteiger partial charge >= 0.3 is 6.03 Å². The van der Waals surface area contributed by atoms with Crippen LogP contribution in [0.4, 0.5) is 27.7 Å². The third-order valence-electron chi connectivity index (χ3n) is 7.75. The Morgan fingerprint density at radius 2 is 1.75 bits per heavy atom. The largest absolute Gasteiger partial charge is 0.494 e. The number of aliphatic hydroxyl groups excluding tert-OH is 1. The molecule has 5 N–H and O–H groups in total. The number of fused-ring (bicyclic) bond motifs is 1. The number of urea groups is 1. The number of benzene rings is 4. The Morgan fingerprint density at radius 3 is 2.40 bits per heavy atom. The normalized spacial score (nSPS) is 11.0. The summed E-state index contributed by atoms with van der Waals surface area (Å²) in [5, 5.41) is 16.9. The molecule has 0 fully saturated rings. The smallest absolute Gasteiger partial charge is 0.324 e. The SMILES string of the molecule is C#Cc1cc(CO)cc(Nc2cc(Oc3ccc(N(C(N)=O)c4cc(C(C)(C)C)cc(C(=O)NC)c4OC)c4ccccc34)ccn2)c1. The van der Waals surface area contributed by atoms with Crippen LogP contribution in [0.2, 0.25) is 0 Å². The molecule has 1 heterocycles. The second-order valence-electron chi connectivity index (χ2n) is 12.0. The minimum absolute atomic E-state index is 0.152. The van der Waals surface area contributed by atoms with E-state index in [1.165, 1.54) is 19.1 Å². The maximum atomic E-state index is 13.3. The van der Waals surface area contributed by atoms with Gasteiger partial charge in [-0.25, -0.2) is 9.78 Å². The maximum absolute atomic E-state index is 13.3. The lowest BCUT2D eigenvalue weighted by Gasteiger charge is -2.29. The first kappa shape index (κ1) is 33.3. The van der Waals surface area contributed by atoms with Gasteiger partial charge in [0.1, 0.15) is 17.3 Å². The molecule has 0 aliphatic heterocycles. The first-order chi connectivity index (χ1) is 23.0. The van der Waals surface area contributed by atoms with Gasteiger partial charge in [0.05, 0.1) is 30.7 Å². The number of pyridine rings is 1. The molecule has 0 saturated heterocycles. The maximum Gasteiger partial charge on any atom is 0.324 e. The lowest BCUT2D eigenvalue weighted by Crippen LogP contribution is -2.33. The number of aromatic nitrogens is 1. The Balaban J connectivity index is 1.58. The van der Waals surface area contributed by atoms with Crippen molar-refractivity contribution in [2.75, 3.05) is 24.4 Å². The van der Waals surface area contributed by atoms with Crippen LogP contribution in [-0.2, 0) is 12.0 Å². The fraction of sp³-hybridized carbons (Fsp3) is 0.184. The predicted octanol–water partition coefficient (Wildman–Crippen LogP) is 7.13. The molecule has 48 heavy (non-hydrogen) atoms. The first-order valence-electron chi connectivity index (χ1n) is 15.2. The summed E-state index contributed by atoms with van der Waals surface area (Å²) >= 11 is 0. The molecule has 0 aliphatic carbocycles. The van der Waals surface area contributed by atoms with Crippen LogP contribution in [0.25, 0.3) is 10.8 Å². The lowest BCUT2D eigenvalue weighted by atomic mass is 9.85. The molecule has 0 aliphatic rings. The van der Waals surface area contributed by atoms with E-state index in [9.17, 15) is 14.7 Å². The number of methoxy groups -OCH3 is 1. The van der Waals surface area contributed by atoms with Crippen molar-refractivity contribution in [2.45, 2.75) is 32.8 Å². The monoisotopic (exact) mass is 643 g/mol. The molecular formula is C38H37N5O5. The highest BCUT2D eigenvalue weighted by Gasteiger charge is 2.29. The number of amides is 3. The molecule has 1 aromatic heterocycles. The summed E-state index contributed by atoms with van der Waals surface area (Å²) in [6, 6.07) is 22.6. The van der Waals surface area contributed by atoms with Gasteiger partial charge in [-0.3, -0.25) is 9.69 Å². The van der Waals surface area contributed by atoms with Crippen molar-refractivity contribution in [1.82, 2.24) is 10.3 Å². The highest BCUT2D eigenvalue weighted by atomic mass is 16.5. The third kappa shape index (κ3) is 6.87. The average Bonchev–Trinajstić information content (AvgIpc) is 3.07. The molecule has 10 nitrogen and oxygen atoms in total. The number of hydrogen-bond donors (Lipinski definition) is 4. The van der Waals surface area contributed by atoms with Crippen molar-refractivity contribution < 1.29 is 24.2 Å². The minimum Gasteiger partial charge on any atom is -0.494 e. The summed E-state index contributed by atoms with van der Waals surface area (Å²) in [4.78, 5) is 32.0. The molecule has 0 bridgehead atoms. The van der Waals surface area contributed by atoms with E-state index >= 15 is 0 Å². The van der Waals surface area contributed by atoms with Gasteiger partial charge < -0.3 is 30.9 Å². The highest BCUT2D eigenvalue weighted by Crippen LogP contribution is 2.44. The van der Waals surface area contributed by atoms with Gasteiger partial charge in [-0.15, -0.1) is 6.42 Å². The van der Waals surface area contributed by atoms with Crippen molar-refractivity contribution in [3.63, 3.8) is 0 Å². The van der Waals surface area contributed by atoms with Gasteiger partial charge in [0.25, 0.3) is 5.91 Å². The topological polar surface area (TPSA) is 139 Å². The van der Waals surface area contributed by atoms with Crippen LogP contribution in [0.5, 0.6) is 17.2 Å². The van der Waals surface area contributed by atoms with Gasteiger partial charge in [-0.1, -0.05) is 51.0 Å². The number of hydrogen-bond acceptors (Lipinski definition) is 7. The number of nitrogens with one attached hydrogen (secondary N) is 2. The Kier molecular flexibility index (Phi) is 9.54. The number of primary amides is 1. The Bertz CT molecular complexity index is 2060. The Hall–Kier alpha value is -6.05. The summed E-state index contributed by atoms with van der Waals surface area (Å²) in [5.74, 6) is 3.97. The van der Waals surface area contributed by atoms with E-state index < -0.39 is 6.03 Å². The van der Waals surface area contributed by atoms with Gasteiger partial charge in [0.15, 0.2) is 5.75 Å². The quantitative estimate of drug-likeness (QED) is 0.125. The van der Waals surface area contributed by atoms with Crippen LogP contribution in [0, 0.1) is 12.3 Å². The summed E-state index contributed by atoms with van der Waals surface area (Å²) in [6.07, 6.45) is 7.20. The average molecular weight is 644 g/mol. The van der Waals surface area contributed by atoms with Crippen LogP contribution in [0.15, 0.2) is 85.1 Å². The molecule has 5 aromatic rings. The summed E-state index contributed by atoms with van der Waals surface area (Å²) in [6.45, 7) is 5.90. The number of anilines is 4. The van der Waals surface area contributed by atoms with Crippen molar-refractivity contribution in [3.05, 3.63) is 107 Å². The highest BCUT2D eigenvalue weighted by molar-refractivity contribution is 6.11. The molecule has 5 rings (SSSR count). The van der Waals surface area contributed by atoms with E-state index in [1.54, 1.807) is 54.7 Å². The fourth-order valence-electron chi connectivity index (χ4n) is 5.39. The molecule has 0 saturated carbocycles. The summed E-state index contributed by atoms with van der Waals surface area (Å²) < 4.78 is 12.1. The number of nitrogens with zero attached hydrogens (tertiary/aromatic N) is 2. The zero-order valence-corrected chi connectivity index (χ0v) is 27.4. The molecule has 10 heteroatoms. The van der Waals surface area contributed by atoms with Gasteiger partial charge in [-0.05, 0) is 65.1 Å². The van der Waals surface area contributed by atoms with Crippen molar-refractivity contribution in [2.24, 2.45) is 5.73 Å². The summed E-state index contributed by atoms with van der Waals surface area (Å²) in [5.41, 5.74) is 9.57. The second-order valence-corrected chi connectivity index (χ2v) is 12.0. The predicted molar refractivity (Wildman–Crippen MR) is 189 cm³/mol. The van der Waals surface area contributed by atoms with Crippen molar-refractivity contribution in [1.29, 1.82) is 0 Å². The number of ether oxygens (including phenoxy) is 2. The summed E-state index contributed by atoms with van der Waals surface area (Å²) in [7, 11) is 2.99. The number of carbonyl (C=O) groups excluding carboxylic acids is 2. The molecule has 244 valence electrons. The lowest BCUT2D eigenvalue weighted by molar-refractivity contribution is 0.0960. The Labute approximate surface area is 279 Å². The van der Waals surface area contributed by atoms with E-state index in [-0.39, 0.29) is 29.2 Å². The molecule has 3 amide bonds. The Morgan fingerprint density at radius 1 is 1.00 bits per heavy atom. The van der Waals surface area contributed by atoms with E-state index in [4.69, 9.17) is 21.6 Å². The number of rotatable bonds is 9. The van der Waals surface area contributed by atoms with Crippen LogP contribution >= 0.6 is 0 Å². The number of nitrogens with two attached hydrogens (primary N) is 1. The molecule has 0 spiro atoms. The minimum atomic E-state index is -0.760. The zero-order chi connectivity index (χ0) is 34.6.